The number of benzene rings is 1. The van der Waals surface area contributed by atoms with Crippen molar-refractivity contribution in [3.63, 3.8) is 0 Å². The van der Waals surface area contributed by atoms with Crippen molar-refractivity contribution in [2.45, 2.75) is 25.3 Å². The van der Waals surface area contributed by atoms with Crippen molar-refractivity contribution in [1.82, 2.24) is 0 Å². The van der Waals surface area contributed by atoms with E-state index < -0.39 is 0 Å². The third kappa shape index (κ3) is 1.29. The van der Waals surface area contributed by atoms with Crippen LogP contribution in [-0.4, -0.2) is 10.2 Å². The Morgan fingerprint density at radius 2 is 1.93 bits per heavy atom. The molecule has 1 aromatic rings. The molecule has 1 aromatic carbocycles. The summed E-state index contributed by atoms with van der Waals surface area (Å²) in [7, 11) is 0. The summed E-state index contributed by atoms with van der Waals surface area (Å²) in [6.45, 7) is 1.79. The summed E-state index contributed by atoms with van der Waals surface area (Å²) in [6.07, 6.45) is 1.77. The van der Waals surface area contributed by atoms with Crippen molar-refractivity contribution < 1.29 is 10.2 Å². The molecule has 0 bridgehead atoms. The Morgan fingerprint density at radius 1 is 1.36 bits per heavy atom. The van der Waals surface area contributed by atoms with E-state index in [4.69, 9.17) is 5.73 Å². The Hall–Kier alpha value is -0.740. The van der Waals surface area contributed by atoms with Crippen molar-refractivity contribution in [3.05, 3.63) is 21.7 Å². The zero-order valence-corrected chi connectivity index (χ0v) is 9.43. The van der Waals surface area contributed by atoms with Crippen molar-refractivity contribution in [2.24, 2.45) is 5.73 Å². The fourth-order valence-corrected chi connectivity index (χ4v) is 2.07. The molecule has 0 radical (unpaired) electrons. The molecule has 0 spiro atoms. The summed E-state index contributed by atoms with van der Waals surface area (Å²) in [5.74, 6) is 0.142. The first kappa shape index (κ1) is 9.80. The van der Waals surface area contributed by atoms with Crippen LogP contribution >= 0.6 is 15.9 Å². The van der Waals surface area contributed by atoms with Crippen molar-refractivity contribution in [2.75, 3.05) is 0 Å². The summed E-state index contributed by atoms with van der Waals surface area (Å²) in [5, 5.41) is 19.3. The number of rotatable bonds is 1. The summed E-state index contributed by atoms with van der Waals surface area (Å²) in [6, 6.07) is 1.75. The second kappa shape index (κ2) is 2.87. The monoisotopic (exact) mass is 257 g/mol. The SMILES string of the molecule is Cc1cc(C2(N)CC2)c(O)c(Br)c1O. The maximum atomic E-state index is 9.79. The lowest BCUT2D eigenvalue weighted by Crippen LogP contribution is -2.19. The van der Waals surface area contributed by atoms with Gasteiger partial charge in [-0.25, -0.2) is 0 Å². The van der Waals surface area contributed by atoms with E-state index in [1.54, 1.807) is 13.0 Å². The van der Waals surface area contributed by atoms with Crippen molar-refractivity contribution in [3.8, 4) is 11.5 Å². The van der Waals surface area contributed by atoms with E-state index in [-0.39, 0.29) is 17.0 Å². The number of hydrogen-bond acceptors (Lipinski definition) is 3. The molecule has 0 heterocycles. The van der Waals surface area contributed by atoms with Crippen LogP contribution in [0.1, 0.15) is 24.0 Å². The third-order valence-corrected chi connectivity index (χ3v) is 3.48. The van der Waals surface area contributed by atoms with E-state index in [2.05, 4.69) is 15.9 Å². The van der Waals surface area contributed by atoms with E-state index in [0.29, 0.717) is 4.47 Å². The standard InChI is InChI=1S/C10H12BrNO2/c1-5-4-6(10(12)2-3-10)9(14)7(11)8(5)13/h4,13-14H,2-3,12H2,1H3. The average molecular weight is 258 g/mol. The Balaban J connectivity index is 2.62. The molecule has 14 heavy (non-hydrogen) atoms. The highest BCUT2D eigenvalue weighted by Gasteiger charge is 2.42. The van der Waals surface area contributed by atoms with E-state index in [1.165, 1.54) is 0 Å². The molecule has 2 rings (SSSR count). The van der Waals surface area contributed by atoms with E-state index in [0.717, 1.165) is 24.0 Å². The summed E-state index contributed by atoms with van der Waals surface area (Å²) >= 11 is 3.15. The molecule has 76 valence electrons. The minimum absolute atomic E-state index is 0.0631. The van der Waals surface area contributed by atoms with Gasteiger partial charge in [-0.15, -0.1) is 0 Å². The van der Waals surface area contributed by atoms with Crippen molar-refractivity contribution >= 4 is 15.9 Å². The first-order valence-corrected chi connectivity index (χ1v) is 5.25. The van der Waals surface area contributed by atoms with Gasteiger partial charge in [0.1, 0.15) is 16.0 Å². The van der Waals surface area contributed by atoms with Gasteiger partial charge in [-0.3, -0.25) is 0 Å². The lowest BCUT2D eigenvalue weighted by atomic mass is 10.0. The van der Waals surface area contributed by atoms with Crippen LogP contribution in [0.5, 0.6) is 11.5 Å². The molecule has 1 aliphatic carbocycles. The minimum atomic E-state index is -0.384. The molecule has 0 atom stereocenters. The van der Waals surface area contributed by atoms with Crippen LogP contribution in [0.2, 0.25) is 0 Å². The van der Waals surface area contributed by atoms with Gasteiger partial charge in [-0.1, -0.05) is 0 Å². The second-order valence-electron chi connectivity index (χ2n) is 3.91. The van der Waals surface area contributed by atoms with Gasteiger partial charge in [0.25, 0.3) is 0 Å². The quantitative estimate of drug-likeness (QED) is 0.722. The lowest BCUT2D eigenvalue weighted by Gasteiger charge is -2.15. The number of nitrogens with two attached hydrogens (primary N) is 1. The van der Waals surface area contributed by atoms with E-state index in [1.807, 2.05) is 0 Å². The maximum absolute atomic E-state index is 9.79. The highest BCUT2D eigenvalue weighted by Crippen LogP contribution is 2.50. The predicted molar refractivity (Wildman–Crippen MR) is 57.3 cm³/mol. The topological polar surface area (TPSA) is 66.5 Å². The smallest absolute Gasteiger partial charge is 0.138 e. The molecular formula is C10H12BrNO2. The number of aryl methyl sites for hydroxylation is 1. The molecule has 3 nitrogen and oxygen atoms in total. The zero-order chi connectivity index (χ0) is 10.5. The molecule has 1 aliphatic rings. The summed E-state index contributed by atoms with van der Waals surface area (Å²) in [5.41, 5.74) is 7.06. The average Bonchev–Trinajstić information content (AvgIpc) is 2.87. The lowest BCUT2D eigenvalue weighted by molar-refractivity contribution is 0.432. The highest BCUT2D eigenvalue weighted by molar-refractivity contribution is 9.10. The van der Waals surface area contributed by atoms with Crippen LogP contribution < -0.4 is 5.73 Å². The number of aromatic hydroxyl groups is 2. The van der Waals surface area contributed by atoms with Crippen LogP contribution in [0.25, 0.3) is 0 Å². The van der Waals surface area contributed by atoms with Crippen LogP contribution in [0.15, 0.2) is 10.5 Å². The molecule has 4 N–H and O–H groups in total. The number of phenols is 2. The molecule has 0 aromatic heterocycles. The Morgan fingerprint density at radius 3 is 2.43 bits per heavy atom. The van der Waals surface area contributed by atoms with Crippen molar-refractivity contribution in [1.29, 1.82) is 0 Å². The van der Waals surface area contributed by atoms with Gasteiger partial charge in [0.2, 0.25) is 0 Å². The first-order valence-electron chi connectivity index (χ1n) is 4.46. The summed E-state index contributed by atoms with van der Waals surface area (Å²) < 4.78 is 0.337. The van der Waals surface area contributed by atoms with Crippen LogP contribution in [-0.2, 0) is 5.54 Å². The molecule has 4 heteroatoms. The molecule has 1 fully saturated rings. The fraction of sp³-hybridized carbons (Fsp3) is 0.400. The molecule has 0 saturated heterocycles. The van der Waals surface area contributed by atoms with Gasteiger partial charge in [0.15, 0.2) is 0 Å². The van der Waals surface area contributed by atoms with Crippen LogP contribution in [0.3, 0.4) is 0 Å². The van der Waals surface area contributed by atoms with Gasteiger partial charge in [0, 0.05) is 11.1 Å². The van der Waals surface area contributed by atoms with Crippen LogP contribution in [0, 0.1) is 6.92 Å². The van der Waals surface area contributed by atoms with Gasteiger partial charge >= 0.3 is 0 Å². The Bertz CT molecular complexity index is 400. The fourth-order valence-electron chi connectivity index (χ4n) is 1.54. The zero-order valence-electron chi connectivity index (χ0n) is 7.84. The molecule has 0 aliphatic heterocycles. The third-order valence-electron chi connectivity index (χ3n) is 2.73. The molecule has 0 amide bonds. The predicted octanol–water partition coefficient (Wildman–Crippen LogP) is 2.12. The summed E-state index contributed by atoms with van der Waals surface area (Å²) in [4.78, 5) is 0. The molecule has 1 saturated carbocycles. The Kier molecular flexibility index (Phi) is 2.01. The Labute approximate surface area is 90.7 Å². The van der Waals surface area contributed by atoms with E-state index in [9.17, 15) is 10.2 Å². The largest absolute Gasteiger partial charge is 0.506 e. The normalized spacial score (nSPS) is 18.2. The highest BCUT2D eigenvalue weighted by atomic mass is 79.9. The molecular weight excluding hydrogens is 246 g/mol. The number of phenolic OH excluding ortho intramolecular Hbond substituents is 2. The first-order chi connectivity index (χ1) is 6.46. The van der Waals surface area contributed by atoms with Gasteiger partial charge in [0.05, 0.1) is 0 Å². The minimum Gasteiger partial charge on any atom is -0.506 e. The number of hydrogen-bond donors (Lipinski definition) is 3. The maximum Gasteiger partial charge on any atom is 0.138 e. The van der Waals surface area contributed by atoms with Crippen LogP contribution in [0.4, 0.5) is 0 Å². The van der Waals surface area contributed by atoms with Gasteiger partial charge < -0.3 is 15.9 Å². The molecule has 0 unspecified atom stereocenters. The van der Waals surface area contributed by atoms with Gasteiger partial charge in [-0.2, -0.15) is 0 Å². The van der Waals surface area contributed by atoms with Gasteiger partial charge in [-0.05, 0) is 47.3 Å². The van der Waals surface area contributed by atoms with E-state index >= 15 is 0 Å². The second-order valence-corrected chi connectivity index (χ2v) is 4.70. The number of halogens is 1.